The number of ketones is 1. The lowest BCUT2D eigenvalue weighted by atomic mass is 9.83. The predicted molar refractivity (Wildman–Crippen MR) is 68.8 cm³/mol. The molecule has 0 unspecified atom stereocenters. The van der Waals surface area contributed by atoms with Crippen LogP contribution >= 0.6 is 11.3 Å². The van der Waals surface area contributed by atoms with Crippen LogP contribution in [0, 0.1) is 19.3 Å². The van der Waals surface area contributed by atoms with Gasteiger partial charge in [-0.1, -0.05) is 13.8 Å². The van der Waals surface area contributed by atoms with E-state index in [1.807, 2.05) is 33.8 Å². The molecule has 0 bridgehead atoms. The van der Waals surface area contributed by atoms with Gasteiger partial charge in [-0.15, -0.1) is 11.3 Å². The molecule has 0 fully saturated rings. The van der Waals surface area contributed by atoms with E-state index in [0.717, 1.165) is 15.3 Å². The molecule has 0 aliphatic heterocycles. The van der Waals surface area contributed by atoms with Crippen LogP contribution in [0.2, 0.25) is 0 Å². The number of hydrogen-bond donors (Lipinski definition) is 1. The largest absolute Gasteiger partial charge is 0.481 e. The van der Waals surface area contributed by atoms with Crippen LogP contribution in [0.4, 0.5) is 0 Å². The number of carbonyl (C=O) groups is 2. The summed E-state index contributed by atoms with van der Waals surface area (Å²) in [4.78, 5) is 24.6. The van der Waals surface area contributed by atoms with Crippen LogP contribution in [0.25, 0.3) is 0 Å². The second-order valence-corrected chi connectivity index (χ2v) is 6.44. The van der Waals surface area contributed by atoms with E-state index in [-0.39, 0.29) is 18.6 Å². The van der Waals surface area contributed by atoms with Crippen LogP contribution in [0.3, 0.4) is 0 Å². The number of carboxylic acids is 1. The van der Waals surface area contributed by atoms with Crippen LogP contribution in [0.5, 0.6) is 0 Å². The summed E-state index contributed by atoms with van der Waals surface area (Å²) in [5.41, 5.74) is 0.628. The molecule has 4 heteroatoms. The fourth-order valence-electron chi connectivity index (χ4n) is 1.70. The quantitative estimate of drug-likeness (QED) is 0.819. The van der Waals surface area contributed by atoms with E-state index in [1.54, 1.807) is 0 Å². The number of carbonyl (C=O) groups excluding carboxylic acids is 1. The summed E-state index contributed by atoms with van der Waals surface area (Å²) in [5, 5.41) is 8.77. The Morgan fingerprint density at radius 2 is 1.88 bits per heavy atom. The Kier molecular flexibility index (Phi) is 4.09. The third-order valence-electron chi connectivity index (χ3n) is 2.71. The topological polar surface area (TPSA) is 54.4 Å². The van der Waals surface area contributed by atoms with Crippen LogP contribution in [-0.2, 0) is 4.79 Å². The number of aryl methyl sites for hydroxylation is 2. The summed E-state index contributed by atoms with van der Waals surface area (Å²) in [7, 11) is 0. The first-order valence-corrected chi connectivity index (χ1v) is 6.35. The maximum atomic E-state index is 12.0. The Labute approximate surface area is 105 Å². The van der Waals surface area contributed by atoms with Crippen molar-refractivity contribution < 1.29 is 14.7 Å². The van der Waals surface area contributed by atoms with Gasteiger partial charge in [0, 0.05) is 11.3 Å². The van der Waals surface area contributed by atoms with Gasteiger partial charge in [0.1, 0.15) is 0 Å². The van der Waals surface area contributed by atoms with Gasteiger partial charge in [-0.25, -0.2) is 0 Å². The Morgan fingerprint density at radius 3 is 2.29 bits per heavy atom. The highest BCUT2D eigenvalue weighted by molar-refractivity contribution is 7.14. The minimum absolute atomic E-state index is 0.0160. The van der Waals surface area contributed by atoms with Gasteiger partial charge in [0.25, 0.3) is 0 Å². The van der Waals surface area contributed by atoms with E-state index < -0.39 is 11.4 Å². The molecule has 3 nitrogen and oxygen atoms in total. The zero-order valence-electron chi connectivity index (χ0n) is 10.7. The van der Waals surface area contributed by atoms with Crippen LogP contribution in [0.1, 0.15) is 46.8 Å². The summed E-state index contributed by atoms with van der Waals surface area (Å²) in [5.74, 6) is -0.821. The lowest BCUT2D eigenvalue weighted by molar-refractivity contribution is -0.139. The molecule has 1 N–H and O–H groups in total. The lowest BCUT2D eigenvalue weighted by Crippen LogP contribution is -2.20. The summed E-state index contributed by atoms with van der Waals surface area (Å²) in [6, 6.07) is 1.89. The standard InChI is InChI=1S/C13H18O3S/c1-8-5-11(17-9(8)2)10(14)6-13(3,4)7-12(15)16/h5H,6-7H2,1-4H3,(H,15,16). The molecule has 0 saturated carbocycles. The molecule has 94 valence electrons. The Hall–Kier alpha value is -1.16. The molecule has 0 atom stereocenters. The van der Waals surface area contributed by atoms with Crippen molar-refractivity contribution >= 4 is 23.1 Å². The number of aliphatic carboxylic acids is 1. The predicted octanol–water partition coefficient (Wildman–Crippen LogP) is 3.44. The van der Waals surface area contributed by atoms with Crippen molar-refractivity contribution in [2.75, 3.05) is 0 Å². The summed E-state index contributed by atoms with van der Waals surface area (Å²) in [6.45, 7) is 7.59. The molecular weight excluding hydrogens is 236 g/mol. The minimum Gasteiger partial charge on any atom is -0.481 e. The zero-order chi connectivity index (χ0) is 13.2. The van der Waals surface area contributed by atoms with Crippen molar-refractivity contribution in [2.45, 2.75) is 40.5 Å². The number of hydrogen-bond acceptors (Lipinski definition) is 3. The molecule has 1 aromatic rings. The molecule has 0 saturated heterocycles. The average Bonchev–Trinajstić information content (AvgIpc) is 2.43. The van der Waals surface area contributed by atoms with Crippen LogP contribution < -0.4 is 0 Å². The lowest BCUT2D eigenvalue weighted by Gasteiger charge is -2.20. The Bertz CT molecular complexity index is 424. The molecule has 1 heterocycles. The normalized spacial score (nSPS) is 11.5. The van der Waals surface area contributed by atoms with Gasteiger partial charge in [0.05, 0.1) is 11.3 Å². The van der Waals surface area contributed by atoms with Gasteiger partial charge >= 0.3 is 5.97 Å². The molecule has 0 aliphatic rings. The van der Waals surface area contributed by atoms with E-state index >= 15 is 0 Å². The fourth-order valence-corrected chi connectivity index (χ4v) is 2.68. The monoisotopic (exact) mass is 254 g/mol. The van der Waals surface area contributed by atoms with Gasteiger partial charge in [-0.2, -0.15) is 0 Å². The summed E-state index contributed by atoms with van der Waals surface area (Å²) in [6.07, 6.45) is 0.292. The smallest absolute Gasteiger partial charge is 0.303 e. The molecule has 1 rings (SSSR count). The highest BCUT2D eigenvalue weighted by Crippen LogP contribution is 2.30. The summed E-state index contributed by atoms with van der Waals surface area (Å²) >= 11 is 1.49. The fraction of sp³-hybridized carbons (Fsp3) is 0.538. The minimum atomic E-state index is -0.860. The molecule has 1 aromatic heterocycles. The van der Waals surface area contributed by atoms with Crippen molar-refractivity contribution in [1.82, 2.24) is 0 Å². The maximum absolute atomic E-state index is 12.0. The average molecular weight is 254 g/mol. The second kappa shape index (κ2) is 5.00. The molecule has 0 amide bonds. The maximum Gasteiger partial charge on any atom is 0.303 e. The molecule has 0 radical (unpaired) electrons. The van der Waals surface area contributed by atoms with Crippen molar-refractivity contribution in [1.29, 1.82) is 0 Å². The van der Waals surface area contributed by atoms with Gasteiger partial charge in [0.2, 0.25) is 0 Å². The highest BCUT2D eigenvalue weighted by Gasteiger charge is 2.26. The van der Waals surface area contributed by atoms with E-state index in [0.29, 0.717) is 0 Å². The van der Waals surface area contributed by atoms with Gasteiger partial charge in [-0.05, 0) is 30.9 Å². The van der Waals surface area contributed by atoms with Crippen LogP contribution in [0.15, 0.2) is 6.07 Å². The van der Waals surface area contributed by atoms with Crippen molar-refractivity contribution in [3.63, 3.8) is 0 Å². The number of carboxylic acid groups (broad SMARTS) is 1. The SMILES string of the molecule is Cc1cc(C(=O)CC(C)(C)CC(=O)O)sc1C. The first kappa shape index (κ1) is 13.9. The Morgan fingerprint density at radius 1 is 1.29 bits per heavy atom. The van der Waals surface area contributed by atoms with E-state index in [1.165, 1.54) is 11.3 Å². The van der Waals surface area contributed by atoms with E-state index in [9.17, 15) is 9.59 Å². The van der Waals surface area contributed by atoms with Gasteiger partial charge in [0.15, 0.2) is 5.78 Å². The number of rotatable bonds is 5. The van der Waals surface area contributed by atoms with E-state index in [2.05, 4.69) is 0 Å². The molecule has 0 aliphatic carbocycles. The molecule has 0 aromatic carbocycles. The second-order valence-electron chi connectivity index (χ2n) is 5.18. The molecular formula is C13H18O3S. The van der Waals surface area contributed by atoms with Crippen molar-refractivity contribution in [2.24, 2.45) is 5.41 Å². The van der Waals surface area contributed by atoms with Crippen molar-refractivity contribution in [3.8, 4) is 0 Å². The number of thiophene rings is 1. The first-order valence-electron chi connectivity index (χ1n) is 5.53. The van der Waals surface area contributed by atoms with Gasteiger partial charge in [-0.3, -0.25) is 9.59 Å². The zero-order valence-corrected chi connectivity index (χ0v) is 11.5. The Balaban J connectivity index is 2.75. The van der Waals surface area contributed by atoms with E-state index in [4.69, 9.17) is 5.11 Å². The third-order valence-corrected chi connectivity index (χ3v) is 3.90. The summed E-state index contributed by atoms with van der Waals surface area (Å²) < 4.78 is 0. The van der Waals surface area contributed by atoms with Gasteiger partial charge < -0.3 is 5.11 Å². The molecule has 17 heavy (non-hydrogen) atoms. The third kappa shape index (κ3) is 3.97. The molecule has 0 spiro atoms. The number of Topliss-reactive ketones (excluding diaryl/α,β-unsaturated/α-hetero) is 1. The van der Waals surface area contributed by atoms with Crippen molar-refractivity contribution in [3.05, 3.63) is 21.4 Å². The first-order chi connectivity index (χ1) is 7.71. The van der Waals surface area contributed by atoms with Crippen LogP contribution in [-0.4, -0.2) is 16.9 Å². The highest BCUT2D eigenvalue weighted by atomic mass is 32.1.